The Kier molecular flexibility index (Phi) is 6.59. The minimum Gasteiger partial charge on any atom is -0.382 e. The molecule has 0 saturated heterocycles. The van der Waals surface area contributed by atoms with E-state index in [0.29, 0.717) is 24.1 Å². The van der Waals surface area contributed by atoms with Crippen molar-refractivity contribution in [2.24, 2.45) is 5.73 Å². The van der Waals surface area contributed by atoms with E-state index in [2.05, 4.69) is 20.6 Å². The molecule has 0 aliphatic rings. The highest BCUT2D eigenvalue weighted by Crippen LogP contribution is 2.31. The Bertz CT molecular complexity index is 1750. The molecular formula is C25H21F4N9O2. The lowest BCUT2D eigenvalue weighted by Gasteiger charge is -2.13. The highest BCUT2D eigenvalue weighted by Gasteiger charge is 2.36. The summed E-state index contributed by atoms with van der Waals surface area (Å²) in [6.07, 6.45) is -1.64. The average molecular weight is 555 g/mol. The lowest BCUT2D eigenvalue weighted by atomic mass is 10.2. The Morgan fingerprint density at radius 2 is 1.90 bits per heavy atom. The van der Waals surface area contributed by atoms with Gasteiger partial charge in [-0.25, -0.2) is 14.1 Å². The van der Waals surface area contributed by atoms with Crippen LogP contribution >= 0.6 is 0 Å². The van der Waals surface area contributed by atoms with E-state index in [4.69, 9.17) is 15.7 Å². The Labute approximate surface area is 223 Å². The average Bonchev–Trinajstić information content (AvgIpc) is 3.62. The lowest BCUT2D eigenvalue weighted by Crippen LogP contribution is -2.18. The summed E-state index contributed by atoms with van der Waals surface area (Å²) in [6.45, 7) is 0.493. The van der Waals surface area contributed by atoms with Crippen molar-refractivity contribution in [3.8, 4) is 11.4 Å². The number of alkyl halides is 3. The minimum absolute atomic E-state index is 0.0279. The topological polar surface area (TPSA) is 144 Å². The fraction of sp³-hybridized carbons (Fsp3) is 0.160. The number of hydrogen-bond donors (Lipinski definition) is 3. The van der Waals surface area contributed by atoms with Crippen molar-refractivity contribution >= 4 is 28.4 Å². The molecule has 0 bridgehead atoms. The summed E-state index contributed by atoms with van der Waals surface area (Å²) in [6, 6.07) is 8.66. The maximum Gasteiger partial charge on any atom is 0.435 e. The maximum atomic E-state index is 15.1. The summed E-state index contributed by atoms with van der Waals surface area (Å²) in [7, 11) is 3.72. The number of imidazole rings is 1. The summed E-state index contributed by atoms with van der Waals surface area (Å²) in [5.74, 6) is -1.62. The van der Waals surface area contributed by atoms with Gasteiger partial charge in [0.1, 0.15) is 23.2 Å². The molecule has 0 aliphatic heterocycles. The van der Waals surface area contributed by atoms with Gasteiger partial charge in [0.25, 0.3) is 5.91 Å². The highest BCUT2D eigenvalue weighted by atomic mass is 19.4. The van der Waals surface area contributed by atoms with Crippen molar-refractivity contribution in [3.05, 3.63) is 83.6 Å². The van der Waals surface area contributed by atoms with Gasteiger partial charge in [-0.05, 0) is 44.4 Å². The third-order valence-corrected chi connectivity index (χ3v) is 5.84. The Morgan fingerprint density at radius 3 is 2.58 bits per heavy atom. The Morgan fingerprint density at radius 1 is 1.15 bits per heavy atom. The Hall–Kier alpha value is -5.05. The molecule has 5 aromatic rings. The molecule has 1 amide bonds. The van der Waals surface area contributed by atoms with Gasteiger partial charge in [-0.2, -0.15) is 18.3 Å². The predicted octanol–water partition coefficient (Wildman–Crippen LogP) is 3.96. The number of rotatable bonds is 7. The molecule has 0 aliphatic carbocycles. The van der Waals surface area contributed by atoms with Crippen LogP contribution in [0.25, 0.3) is 22.3 Å². The summed E-state index contributed by atoms with van der Waals surface area (Å²) < 4.78 is 63.3. The van der Waals surface area contributed by atoms with Gasteiger partial charge in [-0.1, -0.05) is 5.16 Å². The fourth-order valence-corrected chi connectivity index (χ4v) is 4.04. The van der Waals surface area contributed by atoms with E-state index in [1.165, 1.54) is 30.3 Å². The van der Waals surface area contributed by atoms with Crippen LogP contribution in [-0.2, 0) is 12.7 Å². The third kappa shape index (κ3) is 5.01. The van der Waals surface area contributed by atoms with E-state index in [0.717, 1.165) is 4.68 Å². The standard InChI is InChI=1S/C25H21F4N9O2/c1-36(2)12-21-32-7-8-37(21)13-3-5-17(16(26)10-13)33-24(39)18-11-20(25(27,28)29)34-38(18)14-4-6-19-15(9-14)22(23(30)31)35-40-19/h3-11H,12H2,1-2H3,(H3,30,31)(H,33,39). The van der Waals surface area contributed by atoms with Crippen LogP contribution in [0.15, 0.2) is 59.4 Å². The van der Waals surface area contributed by atoms with Gasteiger partial charge in [0.2, 0.25) is 0 Å². The molecule has 15 heteroatoms. The van der Waals surface area contributed by atoms with Gasteiger partial charge in [0.05, 0.1) is 23.3 Å². The lowest BCUT2D eigenvalue weighted by molar-refractivity contribution is -0.141. The van der Waals surface area contributed by atoms with Crippen molar-refractivity contribution in [1.82, 2.24) is 29.4 Å². The van der Waals surface area contributed by atoms with Crippen molar-refractivity contribution in [3.63, 3.8) is 0 Å². The maximum absolute atomic E-state index is 15.1. The van der Waals surface area contributed by atoms with E-state index in [1.54, 1.807) is 23.0 Å². The van der Waals surface area contributed by atoms with E-state index in [-0.39, 0.29) is 28.0 Å². The number of nitrogens with zero attached hydrogens (tertiary/aromatic N) is 6. The van der Waals surface area contributed by atoms with Gasteiger partial charge >= 0.3 is 6.18 Å². The molecule has 0 atom stereocenters. The zero-order chi connectivity index (χ0) is 28.8. The monoisotopic (exact) mass is 555 g/mol. The molecule has 5 rings (SSSR count). The number of anilines is 1. The highest BCUT2D eigenvalue weighted by molar-refractivity contribution is 6.06. The molecule has 0 unspecified atom stereocenters. The molecule has 206 valence electrons. The number of benzene rings is 2. The molecule has 3 heterocycles. The van der Waals surface area contributed by atoms with E-state index < -0.39 is 35.1 Å². The third-order valence-electron chi connectivity index (χ3n) is 5.84. The SMILES string of the molecule is CN(C)Cc1nccn1-c1ccc(NC(=O)c2cc(C(F)(F)F)nn2-c2ccc3onc(C(=N)N)c3c2)c(F)c1. The van der Waals surface area contributed by atoms with Gasteiger partial charge in [-0.3, -0.25) is 10.2 Å². The quantitative estimate of drug-likeness (QED) is 0.157. The molecule has 3 aromatic heterocycles. The molecule has 0 saturated carbocycles. The van der Waals surface area contributed by atoms with Crippen molar-refractivity contribution in [1.29, 1.82) is 5.41 Å². The van der Waals surface area contributed by atoms with Gasteiger partial charge in [0.15, 0.2) is 17.0 Å². The van der Waals surface area contributed by atoms with Gasteiger partial charge < -0.3 is 25.0 Å². The number of nitrogens with one attached hydrogen (secondary N) is 2. The van der Waals surface area contributed by atoms with Crippen LogP contribution in [0, 0.1) is 11.2 Å². The summed E-state index contributed by atoms with van der Waals surface area (Å²) in [5, 5.41) is 17.4. The van der Waals surface area contributed by atoms with Crippen LogP contribution in [0.1, 0.15) is 27.7 Å². The van der Waals surface area contributed by atoms with Crippen molar-refractivity contribution in [2.45, 2.75) is 12.7 Å². The molecule has 11 nitrogen and oxygen atoms in total. The first-order chi connectivity index (χ1) is 18.9. The second kappa shape index (κ2) is 9.92. The molecule has 2 aromatic carbocycles. The second-order valence-electron chi connectivity index (χ2n) is 9.02. The smallest absolute Gasteiger partial charge is 0.382 e. The molecule has 4 N–H and O–H groups in total. The molecule has 40 heavy (non-hydrogen) atoms. The number of amidine groups is 1. The predicted molar refractivity (Wildman–Crippen MR) is 136 cm³/mol. The second-order valence-corrected chi connectivity index (χ2v) is 9.02. The number of carbonyl (C=O) groups is 1. The van der Waals surface area contributed by atoms with E-state index in [9.17, 15) is 18.0 Å². The first-order valence-corrected chi connectivity index (χ1v) is 11.6. The van der Waals surface area contributed by atoms with Crippen LogP contribution in [0.3, 0.4) is 0 Å². The zero-order valence-electron chi connectivity index (χ0n) is 21.0. The van der Waals surface area contributed by atoms with Crippen LogP contribution in [0.2, 0.25) is 0 Å². The van der Waals surface area contributed by atoms with Crippen LogP contribution in [0.4, 0.5) is 23.2 Å². The van der Waals surface area contributed by atoms with Gasteiger partial charge in [-0.15, -0.1) is 0 Å². The Balaban J connectivity index is 1.50. The minimum atomic E-state index is -4.87. The summed E-state index contributed by atoms with van der Waals surface area (Å²) in [4.78, 5) is 19.3. The summed E-state index contributed by atoms with van der Waals surface area (Å²) >= 11 is 0. The van der Waals surface area contributed by atoms with Gasteiger partial charge in [0, 0.05) is 30.2 Å². The number of fused-ring (bicyclic) bond motifs is 1. The van der Waals surface area contributed by atoms with Crippen LogP contribution in [-0.4, -0.2) is 55.2 Å². The summed E-state index contributed by atoms with van der Waals surface area (Å²) in [5.41, 5.74) is 4.07. The first kappa shape index (κ1) is 26.6. The van der Waals surface area contributed by atoms with Crippen molar-refractivity contribution in [2.75, 3.05) is 19.4 Å². The zero-order valence-corrected chi connectivity index (χ0v) is 21.0. The number of aromatic nitrogens is 5. The normalized spacial score (nSPS) is 11.9. The molecule has 0 radical (unpaired) electrons. The molecule has 0 fully saturated rings. The number of carbonyl (C=O) groups excluding carboxylic acids is 1. The van der Waals surface area contributed by atoms with Crippen molar-refractivity contribution < 1.29 is 26.9 Å². The molecular weight excluding hydrogens is 534 g/mol. The molecule has 0 spiro atoms. The number of nitrogen functional groups attached to an aromatic ring is 1. The number of nitrogens with two attached hydrogens (primary N) is 1. The number of hydrogen-bond acceptors (Lipinski definition) is 7. The number of amides is 1. The van der Waals surface area contributed by atoms with Crippen LogP contribution < -0.4 is 11.1 Å². The first-order valence-electron chi connectivity index (χ1n) is 11.6. The van der Waals surface area contributed by atoms with E-state index >= 15 is 4.39 Å². The fourth-order valence-electron chi connectivity index (χ4n) is 4.04. The largest absolute Gasteiger partial charge is 0.435 e. The number of halogens is 4. The van der Waals surface area contributed by atoms with Crippen LogP contribution in [0.5, 0.6) is 0 Å². The van der Waals surface area contributed by atoms with E-state index in [1.807, 2.05) is 19.0 Å².